The van der Waals surface area contributed by atoms with Crippen molar-refractivity contribution in [2.24, 2.45) is 5.41 Å². The van der Waals surface area contributed by atoms with Crippen LogP contribution in [0.3, 0.4) is 0 Å². The third-order valence-corrected chi connectivity index (χ3v) is 4.32. The fourth-order valence-electron chi connectivity index (χ4n) is 3.01. The number of carbonyl (C=O) groups is 1. The fraction of sp³-hybridized carbons (Fsp3) is 0.933. The molecule has 1 aliphatic heterocycles. The summed E-state index contributed by atoms with van der Waals surface area (Å²) in [6.07, 6.45) is 3.58. The minimum Gasteiger partial charge on any atom is -0.481 e. The summed E-state index contributed by atoms with van der Waals surface area (Å²) >= 11 is 0. The van der Waals surface area contributed by atoms with Gasteiger partial charge < -0.3 is 14.6 Å². The van der Waals surface area contributed by atoms with E-state index < -0.39 is 11.4 Å². The summed E-state index contributed by atoms with van der Waals surface area (Å²) in [5.41, 5.74) is -0.755. The molecule has 1 saturated heterocycles. The number of rotatable bonds is 9. The minimum atomic E-state index is -0.755. The van der Waals surface area contributed by atoms with Gasteiger partial charge in [0.1, 0.15) is 5.41 Å². The van der Waals surface area contributed by atoms with Crippen LogP contribution in [0.5, 0.6) is 0 Å². The van der Waals surface area contributed by atoms with Crippen molar-refractivity contribution in [2.45, 2.75) is 45.6 Å². The van der Waals surface area contributed by atoms with Gasteiger partial charge in [0, 0.05) is 32.8 Å². The SMILES string of the molecule is CCC(CC)N(CCOC)CC1(C(=O)O)CCCOC1. The van der Waals surface area contributed by atoms with E-state index in [4.69, 9.17) is 9.47 Å². The first kappa shape index (κ1) is 17.4. The van der Waals surface area contributed by atoms with Gasteiger partial charge in [-0.2, -0.15) is 0 Å². The lowest BCUT2D eigenvalue weighted by atomic mass is 9.81. The molecule has 1 aliphatic rings. The van der Waals surface area contributed by atoms with Crippen LogP contribution in [0.15, 0.2) is 0 Å². The first-order valence-corrected chi connectivity index (χ1v) is 7.63. The second kappa shape index (κ2) is 8.60. The van der Waals surface area contributed by atoms with Crippen molar-refractivity contribution in [1.82, 2.24) is 4.90 Å². The summed E-state index contributed by atoms with van der Waals surface area (Å²) in [6, 6.07) is 0.406. The Morgan fingerprint density at radius 1 is 1.45 bits per heavy atom. The molecule has 1 atom stereocenters. The zero-order valence-corrected chi connectivity index (χ0v) is 13.1. The molecule has 1 heterocycles. The van der Waals surface area contributed by atoms with Gasteiger partial charge in [-0.3, -0.25) is 9.69 Å². The summed E-state index contributed by atoms with van der Waals surface area (Å²) in [6.45, 7) is 7.27. The maximum atomic E-state index is 11.7. The Morgan fingerprint density at radius 2 is 2.15 bits per heavy atom. The summed E-state index contributed by atoms with van der Waals surface area (Å²) in [5, 5.41) is 9.65. The minimum absolute atomic E-state index is 0.325. The Labute approximate surface area is 122 Å². The molecule has 0 aromatic rings. The highest BCUT2D eigenvalue weighted by Crippen LogP contribution is 2.31. The van der Waals surface area contributed by atoms with Crippen LogP contribution in [0.2, 0.25) is 0 Å². The second-order valence-electron chi connectivity index (χ2n) is 5.68. The first-order valence-electron chi connectivity index (χ1n) is 7.63. The normalized spacial score (nSPS) is 23.4. The van der Waals surface area contributed by atoms with Crippen LogP contribution in [0, 0.1) is 5.41 Å². The lowest BCUT2D eigenvalue weighted by Gasteiger charge is -2.40. The molecule has 1 N–H and O–H groups in total. The second-order valence-corrected chi connectivity index (χ2v) is 5.68. The lowest BCUT2D eigenvalue weighted by Crippen LogP contribution is -2.51. The molecule has 0 radical (unpaired) electrons. The molecule has 1 unspecified atom stereocenters. The van der Waals surface area contributed by atoms with Crippen molar-refractivity contribution >= 4 is 5.97 Å². The van der Waals surface area contributed by atoms with E-state index in [1.165, 1.54) is 0 Å². The number of carboxylic acids is 1. The molecule has 118 valence electrons. The number of hydrogen-bond donors (Lipinski definition) is 1. The lowest BCUT2D eigenvalue weighted by molar-refractivity contribution is -0.160. The first-order chi connectivity index (χ1) is 9.59. The highest BCUT2D eigenvalue weighted by Gasteiger charge is 2.42. The van der Waals surface area contributed by atoms with Crippen LogP contribution in [-0.4, -0.2) is 62.0 Å². The molecule has 0 aromatic carbocycles. The summed E-state index contributed by atoms with van der Waals surface area (Å²) in [5.74, 6) is -0.731. The molecule has 0 bridgehead atoms. The zero-order valence-electron chi connectivity index (χ0n) is 13.1. The van der Waals surface area contributed by atoms with Crippen molar-refractivity contribution in [1.29, 1.82) is 0 Å². The molecule has 0 amide bonds. The number of aliphatic carboxylic acids is 1. The van der Waals surface area contributed by atoms with Crippen molar-refractivity contribution in [3.8, 4) is 0 Å². The van der Waals surface area contributed by atoms with E-state index in [1.807, 2.05) is 0 Å². The number of carboxylic acid groups (broad SMARTS) is 1. The van der Waals surface area contributed by atoms with E-state index in [0.717, 1.165) is 25.8 Å². The molecule has 1 rings (SSSR count). The average Bonchev–Trinajstić information content (AvgIpc) is 2.46. The third-order valence-electron chi connectivity index (χ3n) is 4.32. The van der Waals surface area contributed by atoms with Gasteiger partial charge in [-0.1, -0.05) is 13.8 Å². The zero-order chi connectivity index (χ0) is 15.0. The van der Waals surface area contributed by atoms with E-state index in [1.54, 1.807) is 7.11 Å². The molecule has 0 aromatic heterocycles. The number of methoxy groups -OCH3 is 1. The molecule has 0 aliphatic carbocycles. The molecule has 0 spiro atoms. The summed E-state index contributed by atoms with van der Waals surface area (Å²) in [7, 11) is 1.68. The number of ether oxygens (including phenoxy) is 2. The fourth-order valence-corrected chi connectivity index (χ4v) is 3.01. The Hall–Kier alpha value is -0.650. The highest BCUT2D eigenvalue weighted by atomic mass is 16.5. The molecular weight excluding hydrogens is 258 g/mol. The Bertz CT molecular complexity index is 286. The van der Waals surface area contributed by atoms with Gasteiger partial charge in [0.05, 0.1) is 13.2 Å². The van der Waals surface area contributed by atoms with Crippen LogP contribution in [0.25, 0.3) is 0 Å². The van der Waals surface area contributed by atoms with E-state index in [-0.39, 0.29) is 0 Å². The van der Waals surface area contributed by atoms with Gasteiger partial charge in [0.25, 0.3) is 0 Å². The average molecular weight is 287 g/mol. The molecular formula is C15H29NO4. The summed E-state index contributed by atoms with van der Waals surface area (Å²) < 4.78 is 10.6. The summed E-state index contributed by atoms with van der Waals surface area (Å²) in [4.78, 5) is 14.0. The van der Waals surface area contributed by atoms with Gasteiger partial charge >= 0.3 is 5.97 Å². The van der Waals surface area contributed by atoms with E-state index >= 15 is 0 Å². The molecule has 1 fully saturated rings. The van der Waals surface area contributed by atoms with Gasteiger partial charge in [0.15, 0.2) is 0 Å². The molecule has 20 heavy (non-hydrogen) atoms. The van der Waals surface area contributed by atoms with E-state index in [0.29, 0.717) is 38.8 Å². The Morgan fingerprint density at radius 3 is 2.60 bits per heavy atom. The highest BCUT2D eigenvalue weighted by molar-refractivity contribution is 5.75. The molecule has 5 nitrogen and oxygen atoms in total. The quantitative estimate of drug-likeness (QED) is 0.703. The third kappa shape index (κ3) is 4.43. The van der Waals surface area contributed by atoms with Gasteiger partial charge in [-0.25, -0.2) is 0 Å². The number of hydrogen-bond acceptors (Lipinski definition) is 4. The predicted octanol–water partition coefficient (Wildman–Crippen LogP) is 2.00. The number of nitrogens with zero attached hydrogens (tertiary/aromatic N) is 1. The maximum absolute atomic E-state index is 11.7. The Balaban J connectivity index is 2.80. The smallest absolute Gasteiger partial charge is 0.313 e. The van der Waals surface area contributed by atoms with Crippen LogP contribution >= 0.6 is 0 Å². The van der Waals surface area contributed by atoms with E-state index in [9.17, 15) is 9.90 Å². The van der Waals surface area contributed by atoms with Gasteiger partial charge in [0.2, 0.25) is 0 Å². The van der Waals surface area contributed by atoms with Crippen molar-refractivity contribution in [3.05, 3.63) is 0 Å². The maximum Gasteiger partial charge on any atom is 0.313 e. The largest absolute Gasteiger partial charge is 0.481 e. The van der Waals surface area contributed by atoms with Crippen molar-refractivity contribution in [2.75, 3.05) is 40.0 Å². The van der Waals surface area contributed by atoms with Crippen molar-refractivity contribution < 1.29 is 19.4 Å². The standard InChI is InChI=1S/C15H29NO4/c1-4-13(5-2)16(8-10-19-3)11-15(14(17)18)7-6-9-20-12-15/h13H,4-12H2,1-3H3,(H,17,18). The van der Waals surface area contributed by atoms with Crippen LogP contribution in [0.4, 0.5) is 0 Å². The monoisotopic (exact) mass is 287 g/mol. The molecule has 5 heteroatoms. The Kier molecular flexibility index (Phi) is 7.48. The van der Waals surface area contributed by atoms with E-state index in [2.05, 4.69) is 18.7 Å². The molecule has 0 saturated carbocycles. The van der Waals surface area contributed by atoms with Crippen molar-refractivity contribution in [3.63, 3.8) is 0 Å². The predicted molar refractivity (Wildman–Crippen MR) is 77.9 cm³/mol. The van der Waals surface area contributed by atoms with Crippen LogP contribution < -0.4 is 0 Å². The van der Waals surface area contributed by atoms with Crippen LogP contribution in [0.1, 0.15) is 39.5 Å². The van der Waals surface area contributed by atoms with Gasteiger partial charge in [-0.05, 0) is 25.7 Å². The van der Waals surface area contributed by atoms with Crippen LogP contribution in [-0.2, 0) is 14.3 Å². The van der Waals surface area contributed by atoms with Gasteiger partial charge in [-0.15, -0.1) is 0 Å². The topological polar surface area (TPSA) is 59.0 Å².